The van der Waals surface area contributed by atoms with Crippen molar-refractivity contribution in [2.24, 2.45) is 11.8 Å². The van der Waals surface area contributed by atoms with Crippen molar-refractivity contribution < 1.29 is 9.47 Å². The van der Waals surface area contributed by atoms with Crippen LogP contribution in [0, 0.1) is 11.8 Å². The molecular formula is C15H29NO2. The van der Waals surface area contributed by atoms with Gasteiger partial charge in [-0.2, -0.15) is 0 Å². The summed E-state index contributed by atoms with van der Waals surface area (Å²) < 4.78 is 10.8. The lowest BCUT2D eigenvalue weighted by Gasteiger charge is -2.24. The summed E-state index contributed by atoms with van der Waals surface area (Å²) in [5.74, 6) is 1.51. The molecule has 2 unspecified atom stereocenters. The molecule has 0 amide bonds. The lowest BCUT2D eigenvalue weighted by molar-refractivity contribution is 0.0767. The number of methoxy groups -OCH3 is 1. The highest BCUT2D eigenvalue weighted by molar-refractivity contribution is 4.93. The van der Waals surface area contributed by atoms with Gasteiger partial charge in [-0.3, -0.25) is 0 Å². The Morgan fingerprint density at radius 1 is 1.11 bits per heavy atom. The van der Waals surface area contributed by atoms with Crippen molar-refractivity contribution in [2.45, 2.75) is 32.6 Å². The predicted molar refractivity (Wildman–Crippen MR) is 75.8 cm³/mol. The molecule has 0 aliphatic heterocycles. The van der Waals surface area contributed by atoms with Crippen molar-refractivity contribution in [1.29, 1.82) is 0 Å². The summed E-state index contributed by atoms with van der Waals surface area (Å²) in [6.45, 7) is 6.97. The molecule has 3 heteroatoms. The van der Waals surface area contributed by atoms with Crippen LogP contribution in [0.15, 0.2) is 12.2 Å². The fourth-order valence-corrected chi connectivity index (χ4v) is 2.23. The van der Waals surface area contributed by atoms with Crippen molar-refractivity contribution in [3.8, 4) is 0 Å². The first-order valence-electron chi connectivity index (χ1n) is 7.27. The number of ether oxygens (including phenoxy) is 2. The number of nitrogens with one attached hydrogen (secondary N) is 1. The Morgan fingerprint density at radius 2 is 1.94 bits per heavy atom. The summed E-state index contributed by atoms with van der Waals surface area (Å²) in [7, 11) is 1.73. The maximum absolute atomic E-state index is 5.78. The first-order chi connectivity index (χ1) is 8.84. The molecule has 106 valence electrons. The topological polar surface area (TPSA) is 30.5 Å². The molecule has 0 fully saturated rings. The van der Waals surface area contributed by atoms with E-state index in [0.29, 0.717) is 0 Å². The van der Waals surface area contributed by atoms with E-state index in [9.17, 15) is 0 Å². The average molecular weight is 255 g/mol. The standard InChI is InChI=1S/C15H29NO2/c1-14-7-3-4-8-15(14)13-18-11-6-5-9-16-10-12-17-2/h3-4,14-16H,5-13H2,1-2H3. The van der Waals surface area contributed by atoms with Crippen LogP contribution in [-0.2, 0) is 9.47 Å². The normalized spacial score (nSPS) is 23.4. The van der Waals surface area contributed by atoms with Gasteiger partial charge in [-0.1, -0.05) is 19.1 Å². The molecule has 0 aromatic heterocycles. The molecule has 1 rings (SSSR count). The third-order valence-electron chi connectivity index (χ3n) is 3.63. The van der Waals surface area contributed by atoms with Gasteiger partial charge in [-0.05, 0) is 44.1 Å². The molecular weight excluding hydrogens is 226 g/mol. The van der Waals surface area contributed by atoms with E-state index < -0.39 is 0 Å². The second-order valence-corrected chi connectivity index (χ2v) is 5.20. The molecule has 0 spiro atoms. The van der Waals surface area contributed by atoms with Crippen molar-refractivity contribution in [2.75, 3.05) is 40.0 Å². The summed E-state index contributed by atoms with van der Waals surface area (Å²) in [5, 5.41) is 3.34. The molecule has 1 N–H and O–H groups in total. The third kappa shape index (κ3) is 7.14. The van der Waals surface area contributed by atoms with Gasteiger partial charge >= 0.3 is 0 Å². The van der Waals surface area contributed by atoms with Crippen molar-refractivity contribution in [1.82, 2.24) is 5.32 Å². The first-order valence-corrected chi connectivity index (χ1v) is 7.27. The van der Waals surface area contributed by atoms with E-state index in [0.717, 1.165) is 51.2 Å². The Balaban J connectivity index is 1.85. The molecule has 2 atom stereocenters. The van der Waals surface area contributed by atoms with E-state index in [-0.39, 0.29) is 0 Å². The molecule has 3 nitrogen and oxygen atoms in total. The zero-order valence-corrected chi connectivity index (χ0v) is 12.0. The molecule has 0 saturated heterocycles. The van der Waals surface area contributed by atoms with Crippen molar-refractivity contribution in [3.63, 3.8) is 0 Å². The average Bonchev–Trinajstić information content (AvgIpc) is 2.39. The monoisotopic (exact) mass is 255 g/mol. The fourth-order valence-electron chi connectivity index (χ4n) is 2.23. The van der Waals surface area contributed by atoms with Crippen LogP contribution in [0.1, 0.15) is 32.6 Å². The summed E-state index contributed by atoms with van der Waals surface area (Å²) in [6.07, 6.45) is 9.35. The number of hydrogen-bond donors (Lipinski definition) is 1. The van der Waals surface area contributed by atoms with Crippen LogP contribution < -0.4 is 5.32 Å². The Hall–Kier alpha value is -0.380. The molecule has 0 saturated carbocycles. The van der Waals surface area contributed by atoms with Gasteiger partial charge in [0.1, 0.15) is 0 Å². The Labute approximate surface area is 112 Å². The molecule has 1 aliphatic rings. The highest BCUT2D eigenvalue weighted by Crippen LogP contribution is 2.24. The molecule has 0 bridgehead atoms. The van der Waals surface area contributed by atoms with Crippen LogP contribution in [0.2, 0.25) is 0 Å². The highest BCUT2D eigenvalue weighted by atomic mass is 16.5. The minimum Gasteiger partial charge on any atom is -0.383 e. The van der Waals surface area contributed by atoms with Crippen LogP contribution in [0.4, 0.5) is 0 Å². The fraction of sp³-hybridized carbons (Fsp3) is 0.867. The summed E-state index contributed by atoms with van der Waals surface area (Å²) in [4.78, 5) is 0. The second kappa shape index (κ2) is 10.5. The maximum Gasteiger partial charge on any atom is 0.0587 e. The minimum atomic E-state index is 0.731. The quantitative estimate of drug-likeness (QED) is 0.481. The molecule has 0 radical (unpaired) electrons. The van der Waals surface area contributed by atoms with E-state index in [1.807, 2.05) is 0 Å². The van der Waals surface area contributed by atoms with Gasteiger partial charge < -0.3 is 14.8 Å². The van der Waals surface area contributed by atoms with E-state index in [2.05, 4.69) is 24.4 Å². The van der Waals surface area contributed by atoms with E-state index in [1.54, 1.807) is 7.11 Å². The third-order valence-corrected chi connectivity index (χ3v) is 3.63. The van der Waals surface area contributed by atoms with Crippen LogP contribution in [0.25, 0.3) is 0 Å². The lowest BCUT2D eigenvalue weighted by atomic mass is 9.85. The Kier molecular flexibility index (Phi) is 9.17. The molecule has 0 heterocycles. The molecule has 0 aromatic carbocycles. The first kappa shape index (κ1) is 15.7. The van der Waals surface area contributed by atoms with Gasteiger partial charge in [0.2, 0.25) is 0 Å². The number of allylic oxidation sites excluding steroid dienone is 2. The summed E-state index contributed by atoms with van der Waals surface area (Å²) in [5.41, 5.74) is 0. The Bertz CT molecular complexity index is 219. The van der Waals surface area contributed by atoms with Gasteiger partial charge in [-0.25, -0.2) is 0 Å². The predicted octanol–water partition coefficient (Wildman–Crippen LogP) is 2.62. The van der Waals surface area contributed by atoms with Crippen LogP contribution >= 0.6 is 0 Å². The van der Waals surface area contributed by atoms with Gasteiger partial charge in [-0.15, -0.1) is 0 Å². The summed E-state index contributed by atoms with van der Waals surface area (Å²) >= 11 is 0. The molecule has 1 aliphatic carbocycles. The van der Waals surface area contributed by atoms with Gasteiger partial charge in [0.05, 0.1) is 6.61 Å². The van der Waals surface area contributed by atoms with Gasteiger partial charge in [0.15, 0.2) is 0 Å². The van der Waals surface area contributed by atoms with E-state index in [4.69, 9.17) is 9.47 Å². The highest BCUT2D eigenvalue weighted by Gasteiger charge is 2.17. The lowest BCUT2D eigenvalue weighted by Crippen LogP contribution is -2.21. The molecule has 0 aromatic rings. The number of rotatable bonds is 10. The van der Waals surface area contributed by atoms with Crippen molar-refractivity contribution >= 4 is 0 Å². The van der Waals surface area contributed by atoms with Crippen molar-refractivity contribution in [3.05, 3.63) is 12.2 Å². The smallest absolute Gasteiger partial charge is 0.0587 e. The van der Waals surface area contributed by atoms with E-state index >= 15 is 0 Å². The largest absolute Gasteiger partial charge is 0.383 e. The van der Waals surface area contributed by atoms with Gasteiger partial charge in [0, 0.05) is 26.9 Å². The SMILES string of the molecule is COCCNCCCCOCC1CC=CCC1C. The summed E-state index contributed by atoms with van der Waals surface area (Å²) in [6, 6.07) is 0. The minimum absolute atomic E-state index is 0.731. The Morgan fingerprint density at radius 3 is 2.72 bits per heavy atom. The van der Waals surface area contributed by atoms with Crippen LogP contribution in [0.3, 0.4) is 0 Å². The zero-order valence-electron chi connectivity index (χ0n) is 12.0. The number of hydrogen-bond acceptors (Lipinski definition) is 3. The van der Waals surface area contributed by atoms with Gasteiger partial charge in [0.25, 0.3) is 0 Å². The zero-order chi connectivity index (χ0) is 13.1. The maximum atomic E-state index is 5.78. The van der Waals surface area contributed by atoms with Crippen LogP contribution in [-0.4, -0.2) is 40.0 Å². The molecule has 18 heavy (non-hydrogen) atoms. The van der Waals surface area contributed by atoms with E-state index in [1.165, 1.54) is 19.3 Å². The van der Waals surface area contributed by atoms with Crippen LogP contribution in [0.5, 0.6) is 0 Å². The second-order valence-electron chi connectivity index (χ2n) is 5.20. The number of unbranched alkanes of at least 4 members (excludes halogenated alkanes) is 1.